The van der Waals surface area contributed by atoms with Crippen LogP contribution in [0.3, 0.4) is 0 Å². The number of pyridine rings is 1. The van der Waals surface area contributed by atoms with Gasteiger partial charge in [-0.15, -0.1) is 0 Å². The lowest BCUT2D eigenvalue weighted by Crippen LogP contribution is -1.96. The summed E-state index contributed by atoms with van der Waals surface area (Å²) in [6, 6.07) is 4.34. The van der Waals surface area contributed by atoms with E-state index in [1.54, 1.807) is 0 Å². The van der Waals surface area contributed by atoms with E-state index >= 15 is 0 Å². The van der Waals surface area contributed by atoms with Gasteiger partial charge in [0.05, 0.1) is 15.9 Å². The van der Waals surface area contributed by atoms with Gasteiger partial charge in [0.15, 0.2) is 11.6 Å². The van der Waals surface area contributed by atoms with Crippen molar-refractivity contribution in [2.45, 2.75) is 0 Å². The van der Waals surface area contributed by atoms with E-state index in [1.807, 2.05) is 0 Å². The molecule has 0 radical (unpaired) electrons. The van der Waals surface area contributed by atoms with Gasteiger partial charge in [-0.1, -0.05) is 0 Å². The Labute approximate surface area is 122 Å². The summed E-state index contributed by atoms with van der Waals surface area (Å²) in [5, 5.41) is 40.8. The number of aromatic nitrogens is 1. The quantitative estimate of drug-likeness (QED) is 0.498. The van der Waals surface area contributed by atoms with Crippen LogP contribution in [0.15, 0.2) is 35.5 Å². The Bertz CT molecular complexity index is 789. The summed E-state index contributed by atoms with van der Waals surface area (Å²) in [5.74, 6) is -1.12. The van der Waals surface area contributed by atoms with Crippen molar-refractivity contribution in [2.24, 2.45) is 4.99 Å². The van der Waals surface area contributed by atoms with Crippen LogP contribution in [-0.4, -0.2) is 31.3 Å². The molecule has 2 rings (SSSR count). The van der Waals surface area contributed by atoms with Crippen LogP contribution in [0.5, 0.6) is 11.5 Å². The maximum absolute atomic E-state index is 10.8. The van der Waals surface area contributed by atoms with Crippen LogP contribution >= 0.6 is 0 Å². The molecular weight excluding hydrogens is 296 g/mol. The van der Waals surface area contributed by atoms with Crippen LogP contribution in [0.1, 0.15) is 5.56 Å². The van der Waals surface area contributed by atoms with Crippen molar-refractivity contribution in [3.8, 4) is 11.5 Å². The van der Waals surface area contributed by atoms with Crippen molar-refractivity contribution in [1.82, 2.24) is 4.98 Å². The van der Waals surface area contributed by atoms with Crippen molar-refractivity contribution >= 4 is 23.4 Å². The van der Waals surface area contributed by atoms with E-state index < -0.39 is 27.0 Å². The average molecular weight is 304 g/mol. The molecule has 0 saturated heterocycles. The molecule has 22 heavy (non-hydrogen) atoms. The van der Waals surface area contributed by atoms with E-state index in [2.05, 4.69) is 9.98 Å². The molecular formula is C12H8N4O6. The van der Waals surface area contributed by atoms with Crippen LogP contribution in [0.2, 0.25) is 0 Å². The zero-order valence-electron chi connectivity index (χ0n) is 10.8. The maximum atomic E-state index is 10.8. The van der Waals surface area contributed by atoms with Gasteiger partial charge in [-0.3, -0.25) is 20.2 Å². The first-order valence-corrected chi connectivity index (χ1v) is 5.74. The van der Waals surface area contributed by atoms with E-state index in [4.69, 9.17) is 0 Å². The van der Waals surface area contributed by atoms with Crippen LogP contribution < -0.4 is 0 Å². The molecule has 0 unspecified atom stereocenters. The molecule has 10 heteroatoms. The van der Waals surface area contributed by atoms with Gasteiger partial charge in [-0.05, 0) is 12.1 Å². The number of hydrogen-bond donors (Lipinski definition) is 2. The number of non-ortho nitro benzene ring substituents is 1. The smallest absolute Gasteiger partial charge is 0.318 e. The second kappa shape index (κ2) is 5.83. The zero-order valence-corrected chi connectivity index (χ0v) is 10.8. The molecule has 0 aliphatic rings. The van der Waals surface area contributed by atoms with Gasteiger partial charge in [0.1, 0.15) is 0 Å². The molecule has 0 fully saturated rings. The van der Waals surface area contributed by atoms with E-state index in [0.717, 1.165) is 12.3 Å². The summed E-state index contributed by atoms with van der Waals surface area (Å²) in [4.78, 5) is 27.3. The maximum Gasteiger partial charge on any atom is 0.318 e. The fourth-order valence-corrected chi connectivity index (χ4v) is 1.59. The van der Waals surface area contributed by atoms with Crippen molar-refractivity contribution < 1.29 is 20.1 Å². The highest BCUT2D eigenvalue weighted by molar-refractivity contribution is 5.88. The second-order valence-electron chi connectivity index (χ2n) is 4.02. The minimum absolute atomic E-state index is 0.101. The van der Waals surface area contributed by atoms with E-state index in [-0.39, 0.29) is 17.1 Å². The van der Waals surface area contributed by atoms with E-state index in [9.17, 15) is 30.4 Å². The minimum atomic E-state index is -0.947. The lowest BCUT2D eigenvalue weighted by atomic mass is 10.1. The second-order valence-corrected chi connectivity index (χ2v) is 4.02. The third-order valence-corrected chi connectivity index (χ3v) is 2.60. The molecule has 2 aromatic rings. The zero-order chi connectivity index (χ0) is 16.3. The summed E-state index contributed by atoms with van der Waals surface area (Å²) in [5.41, 5.74) is -1.64. The Kier molecular flexibility index (Phi) is 3.93. The summed E-state index contributed by atoms with van der Waals surface area (Å²) >= 11 is 0. The standard InChI is InChI=1S/C12H8N4O6/c17-10-2-1-3-13-12(10)14-6-7-4-8(15(19)20)5-9(11(7)18)16(21)22/h1-6,17-18H. The molecule has 10 nitrogen and oxygen atoms in total. The molecule has 0 aliphatic heterocycles. The summed E-state index contributed by atoms with van der Waals surface area (Å²) < 4.78 is 0. The minimum Gasteiger partial charge on any atom is -0.504 e. The van der Waals surface area contributed by atoms with Gasteiger partial charge >= 0.3 is 5.69 Å². The molecule has 0 aliphatic carbocycles. The fraction of sp³-hybridized carbons (Fsp3) is 0. The lowest BCUT2D eigenvalue weighted by Gasteiger charge is -2.01. The van der Waals surface area contributed by atoms with Gasteiger partial charge in [-0.2, -0.15) is 0 Å². The average Bonchev–Trinajstić information content (AvgIpc) is 2.47. The first-order valence-electron chi connectivity index (χ1n) is 5.74. The van der Waals surface area contributed by atoms with Crippen LogP contribution in [-0.2, 0) is 0 Å². The Balaban J connectivity index is 2.53. The van der Waals surface area contributed by atoms with Gasteiger partial charge in [0, 0.05) is 24.0 Å². The van der Waals surface area contributed by atoms with Gasteiger partial charge in [0.2, 0.25) is 5.75 Å². The fourth-order valence-electron chi connectivity index (χ4n) is 1.59. The van der Waals surface area contributed by atoms with Crippen LogP contribution in [0.4, 0.5) is 17.2 Å². The molecule has 0 atom stereocenters. The number of nitrogens with zero attached hydrogens (tertiary/aromatic N) is 4. The normalized spacial score (nSPS) is 10.7. The molecule has 0 spiro atoms. The number of hydrogen-bond acceptors (Lipinski definition) is 8. The molecule has 0 saturated carbocycles. The van der Waals surface area contributed by atoms with Crippen molar-refractivity contribution in [1.29, 1.82) is 0 Å². The van der Waals surface area contributed by atoms with Crippen LogP contribution in [0, 0.1) is 20.2 Å². The molecule has 1 aromatic carbocycles. The highest BCUT2D eigenvalue weighted by Crippen LogP contribution is 2.33. The number of benzene rings is 1. The predicted octanol–water partition coefficient (Wildman–Crippen LogP) is 2.06. The number of nitro groups is 2. The van der Waals surface area contributed by atoms with Crippen molar-refractivity contribution in [3.05, 3.63) is 56.3 Å². The Morgan fingerprint density at radius 1 is 1.18 bits per heavy atom. The molecule has 0 amide bonds. The number of phenolic OH excluding ortho intramolecular Hbond substituents is 1. The number of nitro benzene ring substituents is 2. The summed E-state index contributed by atoms with van der Waals surface area (Å²) in [7, 11) is 0. The van der Waals surface area contributed by atoms with Crippen molar-refractivity contribution in [2.75, 3.05) is 0 Å². The molecule has 112 valence electrons. The first-order chi connectivity index (χ1) is 10.4. The molecule has 1 aromatic heterocycles. The Morgan fingerprint density at radius 2 is 1.91 bits per heavy atom. The topological polar surface area (TPSA) is 152 Å². The third kappa shape index (κ3) is 2.95. The highest BCUT2D eigenvalue weighted by atomic mass is 16.6. The van der Waals surface area contributed by atoms with Gasteiger partial charge in [-0.25, -0.2) is 9.98 Å². The SMILES string of the molecule is O=[N+]([O-])c1cc(C=Nc2ncccc2O)c(O)c([N+](=O)[O-])c1. The number of phenols is 1. The third-order valence-electron chi connectivity index (χ3n) is 2.60. The molecule has 2 N–H and O–H groups in total. The summed E-state index contributed by atoms with van der Waals surface area (Å²) in [6.45, 7) is 0. The predicted molar refractivity (Wildman–Crippen MR) is 74.6 cm³/mol. The van der Waals surface area contributed by atoms with E-state index in [1.165, 1.54) is 18.3 Å². The van der Waals surface area contributed by atoms with Crippen molar-refractivity contribution in [3.63, 3.8) is 0 Å². The largest absolute Gasteiger partial charge is 0.504 e. The summed E-state index contributed by atoms with van der Waals surface area (Å²) in [6.07, 6.45) is 2.29. The molecule has 0 bridgehead atoms. The van der Waals surface area contributed by atoms with Crippen LogP contribution in [0.25, 0.3) is 0 Å². The number of rotatable bonds is 4. The monoisotopic (exact) mass is 304 g/mol. The number of aliphatic imine (C=N–C) groups is 1. The van der Waals surface area contributed by atoms with Gasteiger partial charge in [0.25, 0.3) is 5.69 Å². The first kappa shape index (κ1) is 14.8. The lowest BCUT2D eigenvalue weighted by molar-refractivity contribution is -0.394. The number of aromatic hydroxyl groups is 2. The Morgan fingerprint density at radius 3 is 2.50 bits per heavy atom. The highest BCUT2D eigenvalue weighted by Gasteiger charge is 2.23. The molecule has 1 heterocycles. The van der Waals surface area contributed by atoms with E-state index in [0.29, 0.717) is 6.07 Å². The van der Waals surface area contributed by atoms with Gasteiger partial charge < -0.3 is 10.2 Å². The Hall–Kier alpha value is -3.56.